The van der Waals surface area contributed by atoms with Gasteiger partial charge in [0.2, 0.25) is 5.88 Å². The van der Waals surface area contributed by atoms with Crippen molar-refractivity contribution in [2.24, 2.45) is 0 Å². The highest BCUT2D eigenvalue weighted by Crippen LogP contribution is 2.42. The molecule has 1 N–H and O–H groups in total. The summed E-state index contributed by atoms with van der Waals surface area (Å²) >= 11 is 0. The van der Waals surface area contributed by atoms with E-state index in [1.807, 2.05) is 30.5 Å². The third kappa shape index (κ3) is 4.29. The maximum Gasteiger partial charge on any atom is 0.420 e. The summed E-state index contributed by atoms with van der Waals surface area (Å²) in [6, 6.07) is 12.5. The minimum atomic E-state index is -4.71. The molecule has 2 unspecified atom stereocenters. The Balaban J connectivity index is 1.10. The maximum absolute atomic E-state index is 13.2. The molecule has 216 valence electrons. The van der Waals surface area contributed by atoms with Crippen LogP contribution < -0.4 is 14.5 Å². The Morgan fingerprint density at radius 3 is 2.48 bits per heavy atom. The van der Waals surface area contributed by atoms with Gasteiger partial charge in [0.1, 0.15) is 11.9 Å². The molecule has 4 aromatic heterocycles. The number of hydrogen-bond donors (Lipinski definition) is 1. The van der Waals surface area contributed by atoms with Gasteiger partial charge in [-0.05, 0) is 30.2 Å². The standard InChI is InChI=1S/C29H27F3N8O2/c1-42-26-5-2-18(9-35-26)12-39-22-6-23(39)14-37(13-22)25-4-3-19(10-34-25)24-7-21(15-40-27(24)20(8-33)11-36-40)38-16-28(41,17-38)29(30,31)32/h2-5,7,9-11,15,22-23,41H,6,12-14,16-17H2,1H3. The van der Waals surface area contributed by atoms with Crippen LogP contribution in [0.1, 0.15) is 17.5 Å². The zero-order valence-corrected chi connectivity index (χ0v) is 22.7. The van der Waals surface area contributed by atoms with Crippen molar-refractivity contribution in [1.29, 1.82) is 5.26 Å². The predicted molar refractivity (Wildman–Crippen MR) is 147 cm³/mol. The summed E-state index contributed by atoms with van der Waals surface area (Å²) in [6.45, 7) is 1.39. The van der Waals surface area contributed by atoms with Crippen LogP contribution in [-0.4, -0.2) is 86.7 Å². The minimum absolute atomic E-state index is 0.347. The lowest BCUT2D eigenvalue weighted by molar-refractivity contribution is -0.267. The van der Waals surface area contributed by atoms with Crippen LogP contribution >= 0.6 is 0 Å². The number of aliphatic hydroxyl groups is 1. The lowest BCUT2D eigenvalue weighted by Crippen LogP contribution is -2.69. The Morgan fingerprint density at radius 1 is 1.07 bits per heavy atom. The molecule has 2 atom stereocenters. The molecular weight excluding hydrogens is 549 g/mol. The summed E-state index contributed by atoms with van der Waals surface area (Å²) in [5.74, 6) is 1.44. The van der Waals surface area contributed by atoms with E-state index < -0.39 is 24.9 Å². The number of nitriles is 1. The molecule has 0 saturated carbocycles. The molecule has 8 rings (SSSR count). The number of aromatic nitrogens is 4. The molecule has 0 radical (unpaired) electrons. The van der Waals surface area contributed by atoms with Crippen molar-refractivity contribution in [3.8, 4) is 23.1 Å². The van der Waals surface area contributed by atoms with E-state index >= 15 is 0 Å². The van der Waals surface area contributed by atoms with Gasteiger partial charge in [-0.1, -0.05) is 6.07 Å². The van der Waals surface area contributed by atoms with Gasteiger partial charge >= 0.3 is 6.18 Å². The van der Waals surface area contributed by atoms with Gasteiger partial charge in [0.25, 0.3) is 0 Å². The minimum Gasteiger partial charge on any atom is -0.481 e. The van der Waals surface area contributed by atoms with Crippen LogP contribution in [-0.2, 0) is 6.54 Å². The van der Waals surface area contributed by atoms with Gasteiger partial charge < -0.3 is 19.6 Å². The zero-order valence-electron chi connectivity index (χ0n) is 22.7. The number of halogens is 3. The average molecular weight is 577 g/mol. The Morgan fingerprint density at radius 2 is 1.86 bits per heavy atom. The van der Waals surface area contributed by atoms with Crippen molar-refractivity contribution >= 4 is 17.0 Å². The molecule has 42 heavy (non-hydrogen) atoms. The number of fused-ring (bicyclic) bond motifs is 3. The van der Waals surface area contributed by atoms with Crippen molar-refractivity contribution in [1.82, 2.24) is 24.5 Å². The molecule has 0 amide bonds. The largest absolute Gasteiger partial charge is 0.481 e. The summed E-state index contributed by atoms with van der Waals surface area (Å²) in [6.07, 6.45) is 3.01. The first kappa shape index (κ1) is 26.5. The summed E-state index contributed by atoms with van der Waals surface area (Å²) in [5, 5.41) is 23.9. The Labute approximate surface area is 239 Å². The number of ether oxygens (including phenoxy) is 1. The van der Waals surface area contributed by atoms with Crippen LogP contribution in [0.4, 0.5) is 24.7 Å². The number of β-amino-alcohol motifs (C(OH)–C–C–N with tert-alkyl or cyclic N) is 1. The number of piperidine rings is 1. The number of piperazine rings is 1. The number of nitrogens with zero attached hydrogens (tertiary/aromatic N) is 8. The van der Waals surface area contributed by atoms with Crippen LogP contribution in [0.3, 0.4) is 0 Å². The quantitative estimate of drug-likeness (QED) is 0.370. The van der Waals surface area contributed by atoms with Crippen LogP contribution in [0.5, 0.6) is 5.88 Å². The third-order valence-corrected chi connectivity index (χ3v) is 8.61. The second-order valence-electron chi connectivity index (χ2n) is 11.2. The highest BCUT2D eigenvalue weighted by Gasteiger charge is 2.61. The molecule has 4 fully saturated rings. The molecule has 4 saturated heterocycles. The summed E-state index contributed by atoms with van der Waals surface area (Å²) in [7, 11) is 1.60. The van der Waals surface area contributed by atoms with E-state index in [9.17, 15) is 23.5 Å². The molecule has 0 aromatic carbocycles. The van der Waals surface area contributed by atoms with Crippen molar-refractivity contribution in [3.05, 3.63) is 66.2 Å². The molecule has 0 spiro atoms. The van der Waals surface area contributed by atoms with E-state index in [4.69, 9.17) is 9.72 Å². The molecular formula is C29H27F3N8O2. The SMILES string of the molecule is COc1ccc(CN2C3CC2CN(c2ccc(-c4cc(N5CC(O)(C(F)(F)F)C5)cn5ncc(C#N)c45)cn2)C3)cn1. The van der Waals surface area contributed by atoms with E-state index in [0.717, 1.165) is 37.4 Å². The lowest BCUT2D eigenvalue weighted by atomic mass is 9.87. The summed E-state index contributed by atoms with van der Waals surface area (Å²) in [4.78, 5) is 15.3. The van der Waals surface area contributed by atoms with E-state index in [0.29, 0.717) is 45.9 Å². The number of anilines is 2. The molecule has 8 heterocycles. The fraction of sp³-hybridized carbons (Fsp3) is 0.379. The van der Waals surface area contributed by atoms with Gasteiger partial charge in [-0.2, -0.15) is 23.5 Å². The third-order valence-electron chi connectivity index (χ3n) is 8.61. The number of methoxy groups -OCH3 is 1. The number of pyridine rings is 3. The monoisotopic (exact) mass is 576 g/mol. The van der Waals surface area contributed by atoms with E-state index in [1.165, 1.54) is 15.6 Å². The second-order valence-corrected chi connectivity index (χ2v) is 11.2. The van der Waals surface area contributed by atoms with Crippen molar-refractivity contribution in [2.45, 2.75) is 36.8 Å². The molecule has 0 aliphatic carbocycles. The van der Waals surface area contributed by atoms with Crippen LogP contribution in [0.25, 0.3) is 16.6 Å². The van der Waals surface area contributed by atoms with E-state index in [-0.39, 0.29) is 0 Å². The smallest absolute Gasteiger partial charge is 0.420 e. The molecule has 4 aliphatic rings. The average Bonchev–Trinajstić information content (AvgIpc) is 3.41. The second kappa shape index (κ2) is 9.57. The van der Waals surface area contributed by atoms with Crippen LogP contribution in [0.15, 0.2) is 55.1 Å². The van der Waals surface area contributed by atoms with Gasteiger partial charge in [0, 0.05) is 61.3 Å². The molecule has 10 nitrogen and oxygen atoms in total. The van der Waals surface area contributed by atoms with Gasteiger partial charge in [-0.25, -0.2) is 14.5 Å². The molecule has 2 bridgehead atoms. The van der Waals surface area contributed by atoms with Crippen molar-refractivity contribution in [3.63, 3.8) is 0 Å². The lowest BCUT2D eigenvalue weighted by Gasteiger charge is -2.56. The van der Waals surface area contributed by atoms with Crippen LogP contribution in [0.2, 0.25) is 0 Å². The van der Waals surface area contributed by atoms with Crippen molar-refractivity contribution < 1.29 is 23.0 Å². The molecule has 4 aliphatic heterocycles. The first-order valence-corrected chi connectivity index (χ1v) is 13.6. The highest BCUT2D eigenvalue weighted by atomic mass is 19.4. The summed E-state index contributed by atoms with van der Waals surface area (Å²) < 4.78 is 46.3. The number of alkyl halides is 3. The first-order chi connectivity index (χ1) is 20.2. The number of rotatable bonds is 6. The normalized spacial score (nSPS) is 21.5. The number of hydrogen-bond acceptors (Lipinski definition) is 9. The molecule has 13 heteroatoms. The Kier molecular flexibility index (Phi) is 6.04. The van der Waals surface area contributed by atoms with Gasteiger partial charge in [-0.3, -0.25) is 4.90 Å². The predicted octanol–water partition coefficient (Wildman–Crippen LogP) is 3.25. The van der Waals surface area contributed by atoms with Gasteiger partial charge in [-0.15, -0.1) is 0 Å². The summed E-state index contributed by atoms with van der Waals surface area (Å²) in [5.41, 5.74) is 1.10. The zero-order chi connectivity index (χ0) is 29.2. The fourth-order valence-electron chi connectivity index (χ4n) is 6.23. The van der Waals surface area contributed by atoms with E-state index in [1.54, 1.807) is 25.6 Å². The van der Waals surface area contributed by atoms with Gasteiger partial charge in [0.05, 0.1) is 49.4 Å². The molecule has 4 aromatic rings. The van der Waals surface area contributed by atoms with E-state index in [2.05, 4.69) is 26.0 Å². The van der Waals surface area contributed by atoms with Crippen molar-refractivity contribution in [2.75, 3.05) is 43.1 Å². The Bertz CT molecular complexity index is 1660. The highest BCUT2D eigenvalue weighted by molar-refractivity contribution is 5.86. The fourth-order valence-corrected chi connectivity index (χ4v) is 6.23. The first-order valence-electron chi connectivity index (χ1n) is 13.6. The Hall–Kier alpha value is -4.41. The topological polar surface area (TPSA) is 106 Å². The van der Waals surface area contributed by atoms with Gasteiger partial charge in [0.15, 0.2) is 5.60 Å². The van der Waals surface area contributed by atoms with Crippen LogP contribution in [0, 0.1) is 11.3 Å². The maximum atomic E-state index is 13.2.